The largest absolute Gasteiger partial charge is 0.495 e. The summed E-state index contributed by atoms with van der Waals surface area (Å²) in [5.41, 5.74) is 0.931. The van der Waals surface area contributed by atoms with E-state index in [2.05, 4.69) is 16.0 Å². The van der Waals surface area contributed by atoms with Crippen LogP contribution < -0.4 is 20.7 Å². The van der Waals surface area contributed by atoms with Crippen LogP contribution in [0.4, 0.5) is 11.4 Å². The van der Waals surface area contributed by atoms with E-state index in [1.54, 1.807) is 35.7 Å². The lowest BCUT2D eigenvalue weighted by atomic mass is 10.2. The molecule has 0 bridgehead atoms. The second kappa shape index (κ2) is 8.11. The van der Waals surface area contributed by atoms with Crippen LogP contribution >= 0.6 is 11.3 Å². The number of methoxy groups -OCH3 is 1. The van der Waals surface area contributed by atoms with Crippen molar-refractivity contribution in [3.8, 4) is 5.75 Å². The Hall–Kier alpha value is -2.87. The van der Waals surface area contributed by atoms with Crippen LogP contribution in [0.3, 0.4) is 0 Å². The quantitative estimate of drug-likeness (QED) is 0.745. The molecule has 1 aromatic carbocycles. The van der Waals surface area contributed by atoms with Crippen molar-refractivity contribution < 1.29 is 19.1 Å². The number of ether oxygens (including phenoxy) is 1. The highest BCUT2D eigenvalue weighted by molar-refractivity contribution is 7.12. The molecule has 2 aromatic rings. The summed E-state index contributed by atoms with van der Waals surface area (Å²) < 4.78 is 5.18. The summed E-state index contributed by atoms with van der Waals surface area (Å²) in [4.78, 5) is 35.5. The van der Waals surface area contributed by atoms with E-state index in [-0.39, 0.29) is 18.4 Å². The average molecular weight is 347 g/mol. The minimum absolute atomic E-state index is 0.176. The minimum atomic E-state index is -0.404. The first-order valence-corrected chi connectivity index (χ1v) is 7.94. The van der Waals surface area contributed by atoms with Gasteiger partial charge in [-0.2, -0.15) is 0 Å². The number of anilines is 2. The third-order valence-corrected chi connectivity index (χ3v) is 3.82. The lowest BCUT2D eigenvalue weighted by Gasteiger charge is -2.12. The van der Waals surface area contributed by atoms with E-state index < -0.39 is 5.91 Å². The average Bonchev–Trinajstić information content (AvgIpc) is 3.07. The van der Waals surface area contributed by atoms with Crippen LogP contribution in [0.5, 0.6) is 5.75 Å². The number of hydrogen-bond acceptors (Lipinski definition) is 5. The predicted molar refractivity (Wildman–Crippen MR) is 92.6 cm³/mol. The molecular formula is C16H17N3O4S. The van der Waals surface area contributed by atoms with Crippen LogP contribution in [0.1, 0.15) is 16.6 Å². The fourth-order valence-electron chi connectivity index (χ4n) is 1.94. The maximum atomic E-state index is 12.0. The number of hydrogen-bond donors (Lipinski definition) is 3. The fourth-order valence-corrected chi connectivity index (χ4v) is 2.58. The molecule has 0 spiro atoms. The molecule has 0 aliphatic rings. The van der Waals surface area contributed by atoms with Gasteiger partial charge in [0.05, 0.1) is 24.2 Å². The van der Waals surface area contributed by atoms with Crippen LogP contribution in [-0.2, 0) is 9.59 Å². The van der Waals surface area contributed by atoms with E-state index in [9.17, 15) is 14.4 Å². The molecule has 1 heterocycles. The third-order valence-electron chi connectivity index (χ3n) is 2.95. The molecule has 3 N–H and O–H groups in total. The van der Waals surface area contributed by atoms with Gasteiger partial charge in [-0.1, -0.05) is 6.07 Å². The van der Waals surface area contributed by atoms with E-state index in [1.807, 2.05) is 0 Å². The first kappa shape index (κ1) is 17.5. The predicted octanol–water partition coefficient (Wildman–Crippen LogP) is 2.08. The number of benzene rings is 1. The van der Waals surface area contributed by atoms with Gasteiger partial charge in [0.15, 0.2) is 0 Å². The Labute approximate surface area is 143 Å². The summed E-state index contributed by atoms with van der Waals surface area (Å²) in [6.07, 6.45) is 0. The Kier molecular flexibility index (Phi) is 5.91. The monoisotopic (exact) mass is 347 g/mol. The van der Waals surface area contributed by atoms with Crippen molar-refractivity contribution in [2.45, 2.75) is 6.92 Å². The molecule has 0 saturated carbocycles. The summed E-state index contributed by atoms with van der Waals surface area (Å²) in [7, 11) is 1.47. The van der Waals surface area contributed by atoms with E-state index in [1.165, 1.54) is 25.4 Å². The Balaban J connectivity index is 1.99. The van der Waals surface area contributed by atoms with E-state index >= 15 is 0 Å². The topological polar surface area (TPSA) is 96.5 Å². The summed E-state index contributed by atoms with van der Waals surface area (Å²) in [5, 5.41) is 9.60. The first-order valence-electron chi connectivity index (χ1n) is 7.07. The van der Waals surface area contributed by atoms with Crippen LogP contribution in [0.15, 0.2) is 35.7 Å². The summed E-state index contributed by atoms with van der Waals surface area (Å²) in [6, 6.07) is 8.31. The zero-order chi connectivity index (χ0) is 17.5. The van der Waals surface area contributed by atoms with Crippen molar-refractivity contribution >= 4 is 40.4 Å². The summed E-state index contributed by atoms with van der Waals surface area (Å²) in [6.45, 7) is 1.22. The van der Waals surface area contributed by atoms with Gasteiger partial charge in [-0.15, -0.1) is 11.3 Å². The molecule has 0 radical (unpaired) electrons. The zero-order valence-corrected chi connectivity index (χ0v) is 14.0. The van der Waals surface area contributed by atoms with Crippen LogP contribution in [0.2, 0.25) is 0 Å². The molecule has 3 amide bonds. The summed E-state index contributed by atoms with van der Waals surface area (Å²) in [5.74, 6) is -0.486. The molecule has 0 saturated heterocycles. The number of thiophene rings is 1. The molecule has 0 atom stereocenters. The van der Waals surface area contributed by atoms with Crippen molar-refractivity contribution in [3.63, 3.8) is 0 Å². The molecule has 0 aliphatic carbocycles. The highest BCUT2D eigenvalue weighted by Crippen LogP contribution is 2.27. The zero-order valence-electron chi connectivity index (χ0n) is 13.2. The number of rotatable bonds is 6. The van der Waals surface area contributed by atoms with Crippen LogP contribution in [0, 0.1) is 0 Å². The third kappa shape index (κ3) is 4.82. The molecule has 1 aromatic heterocycles. The smallest absolute Gasteiger partial charge is 0.261 e. The minimum Gasteiger partial charge on any atom is -0.495 e. The summed E-state index contributed by atoms with van der Waals surface area (Å²) >= 11 is 1.30. The van der Waals surface area contributed by atoms with Gasteiger partial charge in [-0.25, -0.2) is 0 Å². The first-order chi connectivity index (χ1) is 11.5. The lowest BCUT2D eigenvalue weighted by molar-refractivity contribution is -0.115. The van der Waals surface area contributed by atoms with Gasteiger partial charge in [0.2, 0.25) is 11.8 Å². The molecule has 8 heteroatoms. The van der Waals surface area contributed by atoms with Gasteiger partial charge >= 0.3 is 0 Å². The molecule has 0 unspecified atom stereocenters. The molecule has 2 rings (SSSR count). The van der Waals surface area contributed by atoms with Crippen molar-refractivity contribution in [1.82, 2.24) is 5.32 Å². The second-order valence-corrected chi connectivity index (χ2v) is 5.75. The molecular weight excluding hydrogens is 330 g/mol. The number of nitrogens with one attached hydrogen (secondary N) is 3. The maximum Gasteiger partial charge on any atom is 0.261 e. The van der Waals surface area contributed by atoms with Gasteiger partial charge in [-0.3, -0.25) is 14.4 Å². The van der Waals surface area contributed by atoms with Crippen LogP contribution in [-0.4, -0.2) is 31.4 Å². The normalized spacial score (nSPS) is 9.92. The van der Waals surface area contributed by atoms with Crippen molar-refractivity contribution in [3.05, 3.63) is 40.6 Å². The Morgan fingerprint density at radius 1 is 1.17 bits per heavy atom. The Morgan fingerprint density at radius 3 is 2.58 bits per heavy atom. The van der Waals surface area contributed by atoms with Crippen LogP contribution in [0.25, 0.3) is 0 Å². The molecule has 126 valence electrons. The number of amides is 3. The SMILES string of the molecule is COc1ccc(NC(C)=O)cc1NC(=O)CNC(=O)c1cccs1. The van der Waals surface area contributed by atoms with Gasteiger partial charge < -0.3 is 20.7 Å². The molecule has 24 heavy (non-hydrogen) atoms. The van der Waals surface area contributed by atoms with Crippen molar-refractivity contribution in [2.75, 3.05) is 24.3 Å². The van der Waals surface area contributed by atoms with E-state index in [0.29, 0.717) is 22.0 Å². The van der Waals surface area contributed by atoms with Crippen molar-refractivity contribution in [2.24, 2.45) is 0 Å². The van der Waals surface area contributed by atoms with Gasteiger partial charge in [0.1, 0.15) is 5.75 Å². The van der Waals surface area contributed by atoms with Crippen molar-refractivity contribution in [1.29, 1.82) is 0 Å². The number of carbonyl (C=O) groups is 3. The van der Waals surface area contributed by atoms with E-state index in [0.717, 1.165) is 0 Å². The maximum absolute atomic E-state index is 12.0. The Bertz CT molecular complexity index is 744. The number of carbonyl (C=O) groups excluding carboxylic acids is 3. The molecule has 0 fully saturated rings. The highest BCUT2D eigenvalue weighted by Gasteiger charge is 2.12. The highest BCUT2D eigenvalue weighted by atomic mass is 32.1. The van der Waals surface area contributed by atoms with Gasteiger partial charge in [-0.05, 0) is 29.6 Å². The van der Waals surface area contributed by atoms with E-state index in [4.69, 9.17) is 4.74 Å². The standard InChI is InChI=1S/C16H17N3O4S/c1-10(20)18-11-5-6-13(23-2)12(8-11)19-15(21)9-17-16(22)14-4-3-7-24-14/h3-8H,9H2,1-2H3,(H,17,22)(H,18,20)(H,19,21). The second-order valence-electron chi connectivity index (χ2n) is 4.80. The lowest BCUT2D eigenvalue weighted by Crippen LogP contribution is -2.32. The molecule has 0 aliphatic heterocycles. The molecule has 7 nitrogen and oxygen atoms in total. The van der Waals surface area contributed by atoms with Gasteiger partial charge in [0.25, 0.3) is 5.91 Å². The van der Waals surface area contributed by atoms with Gasteiger partial charge in [0, 0.05) is 12.6 Å². The Morgan fingerprint density at radius 2 is 1.96 bits per heavy atom. The fraction of sp³-hybridized carbons (Fsp3) is 0.188.